The Bertz CT molecular complexity index is 412. The summed E-state index contributed by atoms with van der Waals surface area (Å²) in [5.41, 5.74) is 4.61. The molecule has 19 heavy (non-hydrogen) atoms. The monoisotopic (exact) mass is 294 g/mol. The van der Waals surface area contributed by atoms with Crippen LogP contribution in [0, 0.1) is 5.92 Å². The predicted molar refractivity (Wildman–Crippen MR) is 86.6 cm³/mol. The summed E-state index contributed by atoms with van der Waals surface area (Å²) >= 11 is 4.20. The standard InChI is InChI=1S/C15H22N2S2/c1-10-15(19-8-7-18-10)14(17-16)13-9-12(13)11-5-3-2-4-6-11/h2-6,10,12-15,17H,7-9,16H2,1H3. The normalized spacial score (nSPS) is 35.9. The number of nitrogens with two attached hydrogens (primary N) is 1. The Morgan fingerprint density at radius 1 is 1.21 bits per heavy atom. The molecule has 0 bridgehead atoms. The Morgan fingerprint density at radius 2 is 1.95 bits per heavy atom. The molecule has 4 heteroatoms. The Kier molecular flexibility index (Phi) is 4.42. The smallest absolute Gasteiger partial charge is 0.0374 e. The van der Waals surface area contributed by atoms with Gasteiger partial charge in [0.1, 0.15) is 0 Å². The Labute approximate surface area is 124 Å². The average molecular weight is 294 g/mol. The van der Waals surface area contributed by atoms with Gasteiger partial charge in [0, 0.05) is 28.0 Å². The van der Waals surface area contributed by atoms with Crippen molar-refractivity contribution in [2.75, 3.05) is 11.5 Å². The topological polar surface area (TPSA) is 38.0 Å². The highest BCUT2D eigenvalue weighted by Crippen LogP contribution is 2.52. The van der Waals surface area contributed by atoms with Gasteiger partial charge in [-0.15, -0.1) is 0 Å². The summed E-state index contributed by atoms with van der Waals surface area (Å²) in [6.07, 6.45) is 1.29. The molecule has 2 fully saturated rings. The van der Waals surface area contributed by atoms with Gasteiger partial charge >= 0.3 is 0 Å². The molecule has 1 saturated carbocycles. The van der Waals surface area contributed by atoms with Gasteiger partial charge in [0.05, 0.1) is 0 Å². The maximum atomic E-state index is 5.87. The number of rotatable bonds is 4. The van der Waals surface area contributed by atoms with Gasteiger partial charge in [0.25, 0.3) is 0 Å². The van der Waals surface area contributed by atoms with Crippen molar-refractivity contribution >= 4 is 23.5 Å². The van der Waals surface area contributed by atoms with Crippen LogP contribution in [-0.2, 0) is 0 Å². The van der Waals surface area contributed by atoms with Crippen molar-refractivity contribution in [2.45, 2.75) is 35.8 Å². The summed E-state index contributed by atoms with van der Waals surface area (Å²) in [4.78, 5) is 0. The van der Waals surface area contributed by atoms with E-state index >= 15 is 0 Å². The summed E-state index contributed by atoms with van der Waals surface area (Å²) in [6.45, 7) is 2.35. The number of hydrazine groups is 1. The van der Waals surface area contributed by atoms with E-state index in [1.807, 2.05) is 0 Å². The van der Waals surface area contributed by atoms with Crippen LogP contribution in [0.1, 0.15) is 24.8 Å². The SMILES string of the molecule is CC1SCCSC1C(NN)C1CC1c1ccccc1. The molecular weight excluding hydrogens is 272 g/mol. The average Bonchev–Trinajstić information content (AvgIpc) is 3.23. The fraction of sp³-hybridized carbons (Fsp3) is 0.600. The summed E-state index contributed by atoms with van der Waals surface area (Å²) in [7, 11) is 0. The Balaban J connectivity index is 1.68. The number of hydrogen-bond acceptors (Lipinski definition) is 4. The van der Waals surface area contributed by atoms with Crippen molar-refractivity contribution in [3.8, 4) is 0 Å². The predicted octanol–water partition coefficient (Wildman–Crippen LogP) is 2.86. The Hall–Kier alpha value is -0.160. The van der Waals surface area contributed by atoms with Crippen molar-refractivity contribution in [3.05, 3.63) is 35.9 Å². The van der Waals surface area contributed by atoms with Gasteiger partial charge in [0.2, 0.25) is 0 Å². The van der Waals surface area contributed by atoms with E-state index in [2.05, 4.69) is 66.2 Å². The first-order valence-corrected chi connectivity index (χ1v) is 9.15. The largest absolute Gasteiger partial charge is 0.271 e. The van der Waals surface area contributed by atoms with E-state index in [4.69, 9.17) is 5.84 Å². The molecular formula is C15H22N2S2. The molecule has 0 amide bonds. The second-order valence-electron chi connectivity index (χ2n) is 5.52. The fourth-order valence-electron chi connectivity index (χ4n) is 3.20. The third-order valence-corrected chi connectivity index (χ3v) is 7.53. The van der Waals surface area contributed by atoms with Gasteiger partial charge in [-0.05, 0) is 23.8 Å². The van der Waals surface area contributed by atoms with Crippen LogP contribution in [0.3, 0.4) is 0 Å². The minimum absolute atomic E-state index is 0.456. The molecule has 3 N–H and O–H groups in total. The van der Waals surface area contributed by atoms with Crippen LogP contribution in [0.2, 0.25) is 0 Å². The van der Waals surface area contributed by atoms with Gasteiger partial charge < -0.3 is 0 Å². The van der Waals surface area contributed by atoms with E-state index in [9.17, 15) is 0 Å². The number of thioether (sulfide) groups is 2. The lowest BCUT2D eigenvalue weighted by atomic mass is 10.0. The van der Waals surface area contributed by atoms with E-state index in [-0.39, 0.29) is 0 Å². The summed E-state index contributed by atoms with van der Waals surface area (Å²) in [6, 6.07) is 11.3. The summed E-state index contributed by atoms with van der Waals surface area (Å²) < 4.78 is 0. The molecule has 1 aromatic carbocycles. The first kappa shape index (κ1) is 13.8. The van der Waals surface area contributed by atoms with Crippen molar-refractivity contribution < 1.29 is 0 Å². The highest BCUT2D eigenvalue weighted by molar-refractivity contribution is 8.07. The van der Waals surface area contributed by atoms with Crippen LogP contribution < -0.4 is 11.3 Å². The maximum absolute atomic E-state index is 5.87. The van der Waals surface area contributed by atoms with Crippen LogP contribution in [0.4, 0.5) is 0 Å². The maximum Gasteiger partial charge on any atom is 0.0374 e. The summed E-state index contributed by atoms with van der Waals surface area (Å²) in [5, 5.41) is 1.36. The quantitative estimate of drug-likeness (QED) is 0.661. The van der Waals surface area contributed by atoms with E-state index in [1.165, 1.54) is 23.5 Å². The molecule has 3 rings (SSSR count). The molecule has 1 aromatic rings. The zero-order valence-corrected chi connectivity index (χ0v) is 12.9. The van der Waals surface area contributed by atoms with Crippen LogP contribution in [-0.4, -0.2) is 28.0 Å². The number of hydrogen-bond donors (Lipinski definition) is 2. The number of benzene rings is 1. The molecule has 2 aliphatic rings. The molecule has 1 aliphatic heterocycles. The lowest BCUT2D eigenvalue weighted by molar-refractivity contribution is 0.448. The first-order valence-electron chi connectivity index (χ1n) is 7.05. The van der Waals surface area contributed by atoms with Crippen LogP contribution in [0.5, 0.6) is 0 Å². The lowest BCUT2D eigenvalue weighted by Gasteiger charge is -2.34. The van der Waals surface area contributed by atoms with Gasteiger partial charge in [0.15, 0.2) is 0 Å². The lowest BCUT2D eigenvalue weighted by Crippen LogP contribution is -2.49. The summed E-state index contributed by atoms with van der Waals surface area (Å²) in [5.74, 6) is 9.85. The van der Waals surface area contributed by atoms with Crippen molar-refractivity contribution in [3.63, 3.8) is 0 Å². The molecule has 2 nitrogen and oxygen atoms in total. The molecule has 0 radical (unpaired) electrons. The molecule has 1 aliphatic carbocycles. The second-order valence-corrected chi connectivity index (χ2v) is 8.29. The Morgan fingerprint density at radius 3 is 2.63 bits per heavy atom. The molecule has 104 valence electrons. The highest BCUT2D eigenvalue weighted by atomic mass is 32.2. The van der Waals surface area contributed by atoms with E-state index < -0.39 is 0 Å². The zero-order valence-electron chi connectivity index (χ0n) is 11.3. The van der Waals surface area contributed by atoms with Crippen LogP contribution in [0.15, 0.2) is 30.3 Å². The van der Waals surface area contributed by atoms with Crippen molar-refractivity contribution in [1.29, 1.82) is 0 Å². The molecule has 1 heterocycles. The molecule has 5 atom stereocenters. The minimum atomic E-state index is 0.456. The molecule has 1 saturated heterocycles. The van der Waals surface area contributed by atoms with Gasteiger partial charge in [-0.3, -0.25) is 11.3 Å². The highest BCUT2D eigenvalue weighted by Gasteiger charge is 2.47. The van der Waals surface area contributed by atoms with E-state index in [1.54, 1.807) is 0 Å². The van der Waals surface area contributed by atoms with Crippen LogP contribution >= 0.6 is 23.5 Å². The van der Waals surface area contributed by atoms with Gasteiger partial charge in [-0.1, -0.05) is 37.3 Å². The third kappa shape index (κ3) is 2.97. The molecule has 0 spiro atoms. The second kappa shape index (κ2) is 6.08. The zero-order chi connectivity index (χ0) is 13.2. The molecule has 5 unspecified atom stereocenters. The van der Waals surface area contributed by atoms with Crippen molar-refractivity contribution in [2.24, 2.45) is 11.8 Å². The van der Waals surface area contributed by atoms with Gasteiger partial charge in [-0.2, -0.15) is 23.5 Å². The van der Waals surface area contributed by atoms with Crippen LogP contribution in [0.25, 0.3) is 0 Å². The first-order chi connectivity index (χ1) is 9.31. The molecule has 0 aromatic heterocycles. The van der Waals surface area contributed by atoms with Crippen molar-refractivity contribution in [1.82, 2.24) is 5.43 Å². The number of nitrogens with one attached hydrogen (secondary N) is 1. The minimum Gasteiger partial charge on any atom is -0.271 e. The van der Waals surface area contributed by atoms with Gasteiger partial charge in [-0.25, -0.2) is 0 Å². The fourth-order valence-corrected chi connectivity index (χ4v) is 6.20. The third-order valence-electron chi connectivity index (χ3n) is 4.31. The van der Waals surface area contributed by atoms with E-state index in [0.29, 0.717) is 28.4 Å². The van der Waals surface area contributed by atoms with E-state index in [0.717, 1.165) is 0 Å².